The second-order valence-electron chi connectivity index (χ2n) is 7.38. The molecule has 31 heavy (non-hydrogen) atoms. The zero-order valence-corrected chi connectivity index (χ0v) is 19.5. The lowest BCUT2D eigenvalue weighted by Gasteiger charge is -2.20. The predicted molar refractivity (Wildman–Crippen MR) is 127 cm³/mol. The molecule has 0 amide bonds. The Morgan fingerprint density at radius 2 is 1.90 bits per heavy atom. The van der Waals surface area contributed by atoms with Crippen molar-refractivity contribution in [3.05, 3.63) is 80.0 Å². The van der Waals surface area contributed by atoms with Gasteiger partial charge in [0.2, 0.25) is 0 Å². The van der Waals surface area contributed by atoms with Crippen molar-refractivity contribution in [2.45, 2.75) is 26.8 Å². The molecule has 0 saturated carbocycles. The van der Waals surface area contributed by atoms with Gasteiger partial charge in [-0.25, -0.2) is 14.5 Å². The van der Waals surface area contributed by atoms with Gasteiger partial charge in [-0.15, -0.1) is 11.3 Å². The van der Waals surface area contributed by atoms with Crippen LogP contribution < -0.4 is 10.9 Å². The van der Waals surface area contributed by atoms with Crippen molar-refractivity contribution in [1.82, 2.24) is 24.1 Å². The van der Waals surface area contributed by atoms with E-state index in [1.165, 1.54) is 0 Å². The van der Waals surface area contributed by atoms with E-state index >= 15 is 0 Å². The highest BCUT2D eigenvalue weighted by molar-refractivity contribution is 9.11. The Morgan fingerprint density at radius 3 is 2.68 bits per heavy atom. The van der Waals surface area contributed by atoms with Crippen molar-refractivity contribution >= 4 is 48.8 Å². The van der Waals surface area contributed by atoms with E-state index in [1.807, 2.05) is 69.4 Å². The van der Waals surface area contributed by atoms with Gasteiger partial charge in [0.15, 0.2) is 5.82 Å². The molecule has 0 fully saturated rings. The van der Waals surface area contributed by atoms with Crippen molar-refractivity contribution in [3.8, 4) is 5.69 Å². The van der Waals surface area contributed by atoms with Crippen LogP contribution in [0.5, 0.6) is 0 Å². The smallest absolute Gasteiger partial charge is 0.282 e. The molecule has 0 spiro atoms. The number of rotatable bonds is 4. The van der Waals surface area contributed by atoms with Crippen LogP contribution in [0.2, 0.25) is 0 Å². The van der Waals surface area contributed by atoms with Crippen molar-refractivity contribution in [1.29, 1.82) is 0 Å². The SMILES string of the molecule is Cc1nc(N[C@@H](C)c2nn3ccc(C)c3c(=O)n2-c2ccccc2)c2cc(Br)sc2n1. The molecule has 156 valence electrons. The molecule has 0 aliphatic carbocycles. The quantitative estimate of drug-likeness (QED) is 0.378. The predicted octanol–water partition coefficient (Wildman–Crippen LogP) is 5.04. The van der Waals surface area contributed by atoms with Crippen LogP contribution in [0.3, 0.4) is 0 Å². The van der Waals surface area contributed by atoms with E-state index in [9.17, 15) is 4.79 Å². The second-order valence-corrected chi connectivity index (χ2v) is 9.79. The Balaban J connectivity index is 1.69. The number of anilines is 1. The van der Waals surface area contributed by atoms with Crippen LogP contribution in [-0.4, -0.2) is 24.1 Å². The number of aromatic nitrogens is 5. The first-order valence-corrected chi connectivity index (χ1v) is 11.4. The Bertz CT molecular complexity index is 1490. The van der Waals surface area contributed by atoms with Crippen molar-refractivity contribution in [3.63, 3.8) is 0 Å². The van der Waals surface area contributed by atoms with Gasteiger partial charge in [-0.3, -0.25) is 9.36 Å². The summed E-state index contributed by atoms with van der Waals surface area (Å²) in [6, 6.07) is 13.2. The maximum absolute atomic E-state index is 13.5. The molecule has 0 saturated heterocycles. The highest BCUT2D eigenvalue weighted by Crippen LogP contribution is 2.33. The molecular weight excluding hydrogens is 476 g/mol. The fourth-order valence-corrected chi connectivity index (χ4v) is 5.21. The summed E-state index contributed by atoms with van der Waals surface area (Å²) in [5.41, 5.74) is 2.14. The molecule has 9 heteroatoms. The van der Waals surface area contributed by atoms with E-state index in [2.05, 4.69) is 31.2 Å². The van der Waals surface area contributed by atoms with Gasteiger partial charge < -0.3 is 5.32 Å². The summed E-state index contributed by atoms with van der Waals surface area (Å²) >= 11 is 5.10. The highest BCUT2D eigenvalue weighted by Gasteiger charge is 2.21. The van der Waals surface area contributed by atoms with Crippen LogP contribution in [0.15, 0.2) is 57.2 Å². The average molecular weight is 495 g/mol. The molecule has 0 aliphatic rings. The average Bonchev–Trinajstić information content (AvgIpc) is 3.30. The van der Waals surface area contributed by atoms with Gasteiger partial charge >= 0.3 is 0 Å². The van der Waals surface area contributed by atoms with E-state index in [-0.39, 0.29) is 11.6 Å². The Labute approximate surface area is 190 Å². The van der Waals surface area contributed by atoms with E-state index < -0.39 is 0 Å². The first-order valence-electron chi connectivity index (χ1n) is 9.79. The summed E-state index contributed by atoms with van der Waals surface area (Å²) in [6.45, 7) is 5.77. The molecule has 1 N–H and O–H groups in total. The molecule has 7 nitrogen and oxygen atoms in total. The first-order chi connectivity index (χ1) is 14.9. The minimum absolute atomic E-state index is 0.102. The number of halogens is 1. The lowest BCUT2D eigenvalue weighted by Crippen LogP contribution is -2.29. The highest BCUT2D eigenvalue weighted by atomic mass is 79.9. The minimum Gasteiger partial charge on any atom is -0.360 e. The summed E-state index contributed by atoms with van der Waals surface area (Å²) in [6.07, 6.45) is 1.82. The third-order valence-electron chi connectivity index (χ3n) is 5.14. The molecule has 4 heterocycles. The standard InChI is InChI=1S/C22H19BrN6OS/c1-12-9-10-28-18(12)22(30)29(15-7-5-4-6-8-15)20(27-28)13(2)24-19-16-11-17(23)31-21(16)26-14(3)25-19/h4-11,13H,1-3H3,(H,24,25,26)/t13-/m0/s1. The van der Waals surface area contributed by atoms with Crippen LogP contribution in [0, 0.1) is 13.8 Å². The van der Waals surface area contributed by atoms with Crippen molar-refractivity contribution in [2.24, 2.45) is 0 Å². The van der Waals surface area contributed by atoms with Gasteiger partial charge in [0.25, 0.3) is 5.56 Å². The Morgan fingerprint density at radius 1 is 1.13 bits per heavy atom. The molecule has 0 bridgehead atoms. The maximum Gasteiger partial charge on any atom is 0.282 e. The van der Waals surface area contributed by atoms with Gasteiger partial charge in [-0.1, -0.05) is 18.2 Å². The number of thiophene rings is 1. The zero-order valence-electron chi connectivity index (χ0n) is 17.1. The third-order valence-corrected chi connectivity index (χ3v) is 6.67. The zero-order chi connectivity index (χ0) is 21.7. The van der Waals surface area contributed by atoms with Crippen LogP contribution in [-0.2, 0) is 0 Å². The van der Waals surface area contributed by atoms with Gasteiger partial charge in [0.1, 0.15) is 22.0 Å². The summed E-state index contributed by atoms with van der Waals surface area (Å²) in [7, 11) is 0. The lowest BCUT2D eigenvalue weighted by molar-refractivity contribution is 0.672. The summed E-state index contributed by atoms with van der Waals surface area (Å²) < 4.78 is 4.32. The molecule has 0 unspecified atom stereocenters. The largest absolute Gasteiger partial charge is 0.360 e. The second kappa shape index (κ2) is 7.58. The van der Waals surface area contributed by atoms with Gasteiger partial charge in [0.05, 0.1) is 20.9 Å². The molecule has 1 atom stereocenters. The monoisotopic (exact) mass is 494 g/mol. The fourth-order valence-electron chi connectivity index (χ4n) is 3.72. The number of hydrogen-bond donors (Lipinski definition) is 1. The lowest BCUT2D eigenvalue weighted by atomic mass is 10.2. The number of aryl methyl sites for hydroxylation is 2. The minimum atomic E-state index is -0.295. The van der Waals surface area contributed by atoms with Gasteiger partial charge in [-0.05, 0) is 66.5 Å². The normalized spacial score (nSPS) is 12.5. The molecule has 4 aromatic heterocycles. The fraction of sp³-hybridized carbons (Fsp3) is 0.182. The van der Waals surface area contributed by atoms with Crippen molar-refractivity contribution < 1.29 is 0 Å². The molecule has 0 aliphatic heterocycles. The summed E-state index contributed by atoms with van der Waals surface area (Å²) in [5, 5.41) is 9.20. The number of nitrogens with one attached hydrogen (secondary N) is 1. The Hall–Kier alpha value is -3.04. The third kappa shape index (κ3) is 3.43. The first kappa shape index (κ1) is 19.9. The topological polar surface area (TPSA) is 77.1 Å². The molecule has 5 rings (SSSR count). The molecule has 1 aromatic carbocycles. The molecule has 5 aromatic rings. The van der Waals surface area contributed by atoms with E-state index in [1.54, 1.807) is 20.4 Å². The van der Waals surface area contributed by atoms with E-state index in [4.69, 9.17) is 5.10 Å². The number of nitrogens with zero attached hydrogens (tertiary/aromatic N) is 5. The van der Waals surface area contributed by atoms with Gasteiger partial charge in [-0.2, -0.15) is 5.10 Å². The van der Waals surface area contributed by atoms with Crippen LogP contribution in [0.1, 0.15) is 30.2 Å². The Kier molecular flexibility index (Phi) is 4.86. The number of fused-ring (bicyclic) bond motifs is 2. The number of benzene rings is 1. The van der Waals surface area contributed by atoms with E-state index in [0.717, 1.165) is 31.1 Å². The van der Waals surface area contributed by atoms with Crippen LogP contribution in [0.4, 0.5) is 5.82 Å². The number of hydrogen-bond acceptors (Lipinski definition) is 6. The molecular formula is C22H19BrN6OS. The maximum atomic E-state index is 13.5. The van der Waals surface area contributed by atoms with Crippen LogP contribution >= 0.6 is 27.3 Å². The summed E-state index contributed by atoms with van der Waals surface area (Å²) in [4.78, 5) is 23.5. The molecule has 0 radical (unpaired) electrons. The van der Waals surface area contributed by atoms with Crippen LogP contribution in [0.25, 0.3) is 21.4 Å². The summed E-state index contributed by atoms with van der Waals surface area (Å²) in [5.74, 6) is 1.99. The van der Waals surface area contributed by atoms with Crippen molar-refractivity contribution in [2.75, 3.05) is 5.32 Å². The van der Waals surface area contributed by atoms with Gasteiger partial charge in [0, 0.05) is 6.20 Å². The van der Waals surface area contributed by atoms with E-state index in [0.29, 0.717) is 17.2 Å². The number of para-hydroxylation sites is 1.